The van der Waals surface area contributed by atoms with Crippen molar-refractivity contribution in [2.75, 3.05) is 20.7 Å². The molecule has 4 nitrogen and oxygen atoms in total. The van der Waals surface area contributed by atoms with Crippen LogP contribution in [0, 0.1) is 0 Å². The lowest BCUT2D eigenvalue weighted by molar-refractivity contribution is -0.125. The molecule has 4 heteroatoms. The zero-order valence-electron chi connectivity index (χ0n) is 13.7. The number of nitrogens with one attached hydrogen (secondary N) is 1. The maximum Gasteiger partial charge on any atom is 0.237 e. The van der Waals surface area contributed by atoms with Gasteiger partial charge in [-0.2, -0.15) is 0 Å². The van der Waals surface area contributed by atoms with Gasteiger partial charge in [0.05, 0.1) is 13.2 Å². The number of likely N-dealkylation sites (N-methyl/N-ethyl adjacent to an activating group) is 2. The zero-order valence-corrected chi connectivity index (χ0v) is 13.7. The molecule has 118 valence electrons. The molecule has 0 spiro atoms. The Bertz CT molecular complexity index is 655. The van der Waals surface area contributed by atoms with Gasteiger partial charge in [-0.1, -0.05) is 18.2 Å². The SMILES string of the molecule is CCNC(=O)[C@H](C)N(C)Cc1ccc2cc(OC)ccc2c1. The van der Waals surface area contributed by atoms with Crippen LogP contribution in [0.15, 0.2) is 36.4 Å². The summed E-state index contributed by atoms with van der Waals surface area (Å²) < 4.78 is 5.25. The molecule has 22 heavy (non-hydrogen) atoms. The van der Waals surface area contributed by atoms with E-state index in [0.717, 1.165) is 17.7 Å². The molecule has 0 unspecified atom stereocenters. The molecular weight excluding hydrogens is 276 g/mol. The molecular formula is C18H24N2O2. The Hall–Kier alpha value is -2.07. The number of fused-ring (bicyclic) bond motifs is 1. The quantitative estimate of drug-likeness (QED) is 0.892. The second kappa shape index (κ2) is 7.27. The van der Waals surface area contributed by atoms with Crippen molar-refractivity contribution in [3.63, 3.8) is 0 Å². The van der Waals surface area contributed by atoms with Crippen LogP contribution in [0.5, 0.6) is 5.75 Å². The highest BCUT2D eigenvalue weighted by molar-refractivity contribution is 5.84. The predicted octanol–water partition coefficient (Wildman–Crippen LogP) is 2.80. The highest BCUT2D eigenvalue weighted by Gasteiger charge is 2.17. The smallest absolute Gasteiger partial charge is 0.237 e. The minimum atomic E-state index is -0.147. The van der Waals surface area contributed by atoms with Crippen LogP contribution in [0.2, 0.25) is 0 Å². The minimum absolute atomic E-state index is 0.0653. The first-order valence-corrected chi connectivity index (χ1v) is 7.59. The second-order valence-corrected chi connectivity index (χ2v) is 5.53. The molecule has 0 aliphatic rings. The molecule has 0 aliphatic heterocycles. The van der Waals surface area contributed by atoms with E-state index in [1.165, 1.54) is 10.9 Å². The Balaban J connectivity index is 2.12. The van der Waals surface area contributed by atoms with Gasteiger partial charge in [-0.05, 0) is 55.4 Å². The molecule has 0 bridgehead atoms. The summed E-state index contributed by atoms with van der Waals surface area (Å²) in [6.45, 7) is 5.26. The molecule has 1 N–H and O–H groups in total. The number of hydrogen-bond acceptors (Lipinski definition) is 3. The fraction of sp³-hybridized carbons (Fsp3) is 0.389. The van der Waals surface area contributed by atoms with Crippen LogP contribution in [0.25, 0.3) is 10.8 Å². The number of hydrogen-bond donors (Lipinski definition) is 1. The first kappa shape index (κ1) is 16.3. The Morgan fingerprint density at radius 3 is 2.59 bits per heavy atom. The third-order valence-electron chi connectivity index (χ3n) is 3.94. The number of amides is 1. The van der Waals surface area contributed by atoms with E-state index in [1.54, 1.807) is 7.11 Å². The van der Waals surface area contributed by atoms with E-state index in [4.69, 9.17) is 4.74 Å². The third kappa shape index (κ3) is 3.77. The zero-order chi connectivity index (χ0) is 16.1. The second-order valence-electron chi connectivity index (χ2n) is 5.53. The molecule has 0 fully saturated rings. The van der Waals surface area contributed by atoms with Gasteiger partial charge in [-0.25, -0.2) is 0 Å². The van der Waals surface area contributed by atoms with E-state index < -0.39 is 0 Å². The maximum atomic E-state index is 11.9. The number of rotatable bonds is 6. The maximum absolute atomic E-state index is 11.9. The van der Waals surface area contributed by atoms with Crippen LogP contribution in [0.1, 0.15) is 19.4 Å². The summed E-state index contributed by atoms with van der Waals surface area (Å²) in [6.07, 6.45) is 0. The number of carbonyl (C=O) groups is 1. The summed E-state index contributed by atoms with van der Waals surface area (Å²) in [5, 5.41) is 5.19. The van der Waals surface area contributed by atoms with Gasteiger partial charge in [-0.3, -0.25) is 9.69 Å². The molecule has 1 amide bonds. The number of ether oxygens (including phenoxy) is 1. The lowest BCUT2D eigenvalue weighted by Crippen LogP contribution is -2.42. The van der Waals surface area contributed by atoms with E-state index in [0.29, 0.717) is 6.54 Å². The highest BCUT2D eigenvalue weighted by atomic mass is 16.5. The molecule has 0 aromatic heterocycles. The fourth-order valence-corrected chi connectivity index (χ4v) is 2.45. The van der Waals surface area contributed by atoms with Gasteiger partial charge < -0.3 is 10.1 Å². The number of carbonyl (C=O) groups excluding carboxylic acids is 1. The van der Waals surface area contributed by atoms with Crippen LogP contribution in [-0.4, -0.2) is 37.6 Å². The standard InChI is InChI=1S/C18H24N2O2/c1-5-19-18(21)13(2)20(3)12-14-6-7-16-11-17(22-4)9-8-15(16)10-14/h6-11,13H,5,12H2,1-4H3,(H,19,21)/t13-/m0/s1. The molecule has 0 heterocycles. The summed E-state index contributed by atoms with van der Waals surface area (Å²) in [5.41, 5.74) is 1.19. The van der Waals surface area contributed by atoms with Crippen molar-refractivity contribution in [1.82, 2.24) is 10.2 Å². The number of methoxy groups -OCH3 is 1. The molecule has 1 atom stereocenters. The van der Waals surface area contributed by atoms with Crippen molar-refractivity contribution in [2.24, 2.45) is 0 Å². The van der Waals surface area contributed by atoms with Crippen LogP contribution >= 0.6 is 0 Å². The third-order valence-corrected chi connectivity index (χ3v) is 3.94. The molecule has 2 aromatic rings. The van der Waals surface area contributed by atoms with E-state index in [9.17, 15) is 4.79 Å². The molecule has 0 saturated carbocycles. The van der Waals surface area contributed by atoms with Crippen molar-refractivity contribution in [1.29, 1.82) is 0 Å². The van der Waals surface area contributed by atoms with Crippen molar-refractivity contribution in [2.45, 2.75) is 26.4 Å². The van der Waals surface area contributed by atoms with Gasteiger partial charge >= 0.3 is 0 Å². The van der Waals surface area contributed by atoms with Crippen LogP contribution in [0.4, 0.5) is 0 Å². The van der Waals surface area contributed by atoms with Gasteiger partial charge in [0.1, 0.15) is 5.75 Å². The molecule has 0 aliphatic carbocycles. The first-order chi connectivity index (χ1) is 10.5. The molecule has 0 radical (unpaired) electrons. The number of nitrogens with zero attached hydrogens (tertiary/aromatic N) is 1. The van der Waals surface area contributed by atoms with Crippen molar-refractivity contribution >= 4 is 16.7 Å². The summed E-state index contributed by atoms with van der Waals surface area (Å²) >= 11 is 0. The van der Waals surface area contributed by atoms with Gasteiger partial charge in [0, 0.05) is 13.1 Å². The van der Waals surface area contributed by atoms with E-state index in [2.05, 4.69) is 34.5 Å². The Morgan fingerprint density at radius 2 is 1.91 bits per heavy atom. The Labute approximate surface area is 132 Å². The van der Waals surface area contributed by atoms with Crippen molar-refractivity contribution < 1.29 is 9.53 Å². The largest absolute Gasteiger partial charge is 0.497 e. The summed E-state index contributed by atoms with van der Waals surface area (Å²) in [5.74, 6) is 0.928. The van der Waals surface area contributed by atoms with Crippen LogP contribution < -0.4 is 10.1 Å². The monoisotopic (exact) mass is 300 g/mol. The van der Waals surface area contributed by atoms with E-state index >= 15 is 0 Å². The van der Waals surface area contributed by atoms with Gasteiger partial charge in [0.25, 0.3) is 0 Å². The van der Waals surface area contributed by atoms with Crippen molar-refractivity contribution in [3.05, 3.63) is 42.0 Å². The van der Waals surface area contributed by atoms with E-state index in [1.807, 2.05) is 33.0 Å². The summed E-state index contributed by atoms with van der Waals surface area (Å²) in [4.78, 5) is 13.9. The van der Waals surface area contributed by atoms with Gasteiger partial charge in [0.15, 0.2) is 0 Å². The van der Waals surface area contributed by atoms with Crippen LogP contribution in [0.3, 0.4) is 0 Å². The normalized spacial score (nSPS) is 12.4. The molecule has 2 aromatic carbocycles. The molecule has 2 rings (SSSR count). The first-order valence-electron chi connectivity index (χ1n) is 7.59. The average molecular weight is 300 g/mol. The van der Waals surface area contributed by atoms with Crippen molar-refractivity contribution in [3.8, 4) is 5.75 Å². The number of benzene rings is 2. The topological polar surface area (TPSA) is 41.6 Å². The Morgan fingerprint density at radius 1 is 1.23 bits per heavy atom. The highest BCUT2D eigenvalue weighted by Crippen LogP contribution is 2.22. The van der Waals surface area contributed by atoms with E-state index in [-0.39, 0.29) is 11.9 Å². The summed E-state index contributed by atoms with van der Waals surface area (Å²) in [7, 11) is 3.64. The average Bonchev–Trinajstić information content (AvgIpc) is 2.53. The van der Waals surface area contributed by atoms with Gasteiger partial charge in [0.2, 0.25) is 5.91 Å². The molecule has 0 saturated heterocycles. The Kier molecular flexibility index (Phi) is 5.39. The lowest BCUT2D eigenvalue weighted by Gasteiger charge is -2.23. The fourth-order valence-electron chi connectivity index (χ4n) is 2.45. The minimum Gasteiger partial charge on any atom is -0.497 e. The predicted molar refractivity (Wildman–Crippen MR) is 90.1 cm³/mol. The summed E-state index contributed by atoms with van der Waals surface area (Å²) in [6, 6.07) is 12.3. The van der Waals surface area contributed by atoms with Gasteiger partial charge in [-0.15, -0.1) is 0 Å². The van der Waals surface area contributed by atoms with Crippen LogP contribution in [-0.2, 0) is 11.3 Å². The lowest BCUT2D eigenvalue weighted by atomic mass is 10.1.